The number of hydrogen-bond acceptors (Lipinski definition) is 2. The zero-order valence-corrected chi connectivity index (χ0v) is 15.7. The maximum atomic E-state index is 4.60. The Bertz CT molecular complexity index is 657. The number of rotatable bonds is 6. The molecule has 0 saturated heterocycles. The Labute approximate surface area is 147 Å². The van der Waals surface area contributed by atoms with E-state index in [1.165, 1.54) is 16.7 Å². The maximum absolute atomic E-state index is 4.60. The number of allylic oxidation sites excluding steroid dienone is 3. The molecule has 0 aromatic heterocycles. The van der Waals surface area contributed by atoms with Crippen LogP contribution >= 0.6 is 0 Å². The summed E-state index contributed by atoms with van der Waals surface area (Å²) in [5.74, 6) is 2.60. The average Bonchev–Trinajstić information content (AvgIpc) is 2.96. The minimum atomic E-state index is 0.349. The molecule has 1 aliphatic carbocycles. The zero-order valence-electron chi connectivity index (χ0n) is 15.7. The molecule has 1 aromatic carbocycles. The van der Waals surface area contributed by atoms with Gasteiger partial charge >= 0.3 is 0 Å². The molecule has 0 radical (unpaired) electrons. The van der Waals surface area contributed by atoms with E-state index in [-0.39, 0.29) is 0 Å². The quantitative estimate of drug-likeness (QED) is 0.604. The molecular weight excluding hydrogens is 292 g/mol. The monoisotopic (exact) mass is 322 g/mol. The van der Waals surface area contributed by atoms with Crippen LogP contribution in [0.5, 0.6) is 0 Å². The van der Waals surface area contributed by atoms with E-state index in [0.717, 1.165) is 25.1 Å². The number of aliphatic imine (C=N–C) groups is 1. The third kappa shape index (κ3) is 4.94. The maximum Gasteiger partial charge on any atom is 0.0413 e. The van der Waals surface area contributed by atoms with Gasteiger partial charge in [0.1, 0.15) is 0 Å². The summed E-state index contributed by atoms with van der Waals surface area (Å²) in [5.41, 5.74) is 7.08. The molecule has 2 rings (SSSR count). The van der Waals surface area contributed by atoms with Crippen LogP contribution < -0.4 is 5.32 Å². The van der Waals surface area contributed by atoms with E-state index in [1.807, 2.05) is 14.1 Å². The molecule has 24 heavy (non-hydrogen) atoms. The topological polar surface area (TPSA) is 24.4 Å². The first-order chi connectivity index (χ1) is 11.6. The minimum absolute atomic E-state index is 0.349. The summed E-state index contributed by atoms with van der Waals surface area (Å²) in [4.78, 5) is 4.49. The largest absolute Gasteiger partial charge is 0.319 e. The SMILES string of the molecule is C#CC.C/C=C\C(=NC)C(C)C1=C(CCNC)Cc2ccccc21. The van der Waals surface area contributed by atoms with E-state index in [2.05, 4.69) is 72.9 Å². The molecule has 0 spiro atoms. The van der Waals surface area contributed by atoms with E-state index in [4.69, 9.17) is 0 Å². The number of nitrogens with one attached hydrogen (secondary N) is 1. The van der Waals surface area contributed by atoms with Gasteiger partial charge in [0.25, 0.3) is 0 Å². The molecule has 128 valence electrons. The lowest BCUT2D eigenvalue weighted by molar-refractivity contribution is 0.774. The van der Waals surface area contributed by atoms with Gasteiger partial charge in [-0.3, -0.25) is 4.99 Å². The van der Waals surface area contributed by atoms with Crippen molar-refractivity contribution in [1.29, 1.82) is 0 Å². The molecule has 0 aliphatic heterocycles. The van der Waals surface area contributed by atoms with Crippen LogP contribution in [-0.2, 0) is 6.42 Å². The van der Waals surface area contributed by atoms with Gasteiger partial charge in [-0.2, -0.15) is 0 Å². The highest BCUT2D eigenvalue weighted by atomic mass is 14.8. The van der Waals surface area contributed by atoms with E-state index in [1.54, 1.807) is 12.5 Å². The molecule has 0 amide bonds. The Hall–Kier alpha value is -2.11. The van der Waals surface area contributed by atoms with Gasteiger partial charge in [-0.15, -0.1) is 12.3 Å². The van der Waals surface area contributed by atoms with Crippen LogP contribution in [0.15, 0.2) is 47.0 Å². The van der Waals surface area contributed by atoms with E-state index >= 15 is 0 Å². The van der Waals surface area contributed by atoms with Crippen LogP contribution in [0.1, 0.15) is 38.3 Å². The molecule has 1 atom stereocenters. The van der Waals surface area contributed by atoms with Crippen molar-refractivity contribution in [2.45, 2.75) is 33.6 Å². The number of nitrogens with zero attached hydrogens (tertiary/aromatic N) is 1. The molecule has 1 unspecified atom stereocenters. The highest BCUT2D eigenvalue weighted by Gasteiger charge is 2.26. The van der Waals surface area contributed by atoms with Gasteiger partial charge in [0.2, 0.25) is 0 Å². The van der Waals surface area contributed by atoms with Gasteiger partial charge in [-0.25, -0.2) is 0 Å². The molecule has 2 heteroatoms. The highest BCUT2D eigenvalue weighted by molar-refractivity contribution is 6.05. The lowest BCUT2D eigenvalue weighted by Gasteiger charge is -2.17. The molecular formula is C22H30N2. The second-order valence-corrected chi connectivity index (χ2v) is 5.86. The van der Waals surface area contributed by atoms with Crippen LogP contribution in [0.3, 0.4) is 0 Å². The van der Waals surface area contributed by atoms with Crippen LogP contribution in [0.2, 0.25) is 0 Å². The van der Waals surface area contributed by atoms with E-state index < -0.39 is 0 Å². The summed E-state index contributed by atoms with van der Waals surface area (Å²) in [6, 6.07) is 8.80. The third-order valence-corrected chi connectivity index (χ3v) is 4.24. The lowest BCUT2D eigenvalue weighted by atomic mass is 9.88. The van der Waals surface area contributed by atoms with Crippen LogP contribution in [0.4, 0.5) is 0 Å². The van der Waals surface area contributed by atoms with E-state index in [9.17, 15) is 0 Å². The van der Waals surface area contributed by atoms with Gasteiger partial charge in [-0.05, 0) is 63.1 Å². The summed E-state index contributed by atoms with van der Waals surface area (Å²) in [6.45, 7) is 7.01. The van der Waals surface area contributed by atoms with Crippen molar-refractivity contribution in [1.82, 2.24) is 5.32 Å². The number of benzene rings is 1. The first-order valence-electron chi connectivity index (χ1n) is 8.56. The standard InChI is InChI=1S/C19H26N2.C3H4/c1-5-8-18(21-4)14(2)19-16(11-12-20-3)13-15-9-6-7-10-17(15)19;1-3-2/h5-10,14,20H,11-13H2,1-4H3;1H,2H3/b8-5-,21-18?;. The summed E-state index contributed by atoms with van der Waals surface area (Å²) in [5, 5.41) is 3.27. The summed E-state index contributed by atoms with van der Waals surface area (Å²) >= 11 is 0. The Morgan fingerprint density at radius 2 is 2.08 bits per heavy atom. The van der Waals surface area contributed by atoms with Crippen molar-refractivity contribution >= 4 is 11.3 Å². The van der Waals surface area contributed by atoms with Gasteiger partial charge in [0.05, 0.1) is 0 Å². The second kappa shape index (κ2) is 10.6. The van der Waals surface area contributed by atoms with Crippen molar-refractivity contribution in [3.63, 3.8) is 0 Å². The summed E-state index contributed by atoms with van der Waals surface area (Å²) in [6.07, 6.45) is 11.0. The predicted octanol–water partition coefficient (Wildman–Crippen LogP) is 4.53. The fourth-order valence-corrected chi connectivity index (χ4v) is 3.22. The van der Waals surface area contributed by atoms with Crippen molar-refractivity contribution in [3.8, 4) is 12.3 Å². The number of terminal acetylenes is 1. The Morgan fingerprint density at radius 3 is 2.67 bits per heavy atom. The van der Waals surface area contributed by atoms with Gasteiger partial charge in [0.15, 0.2) is 0 Å². The van der Waals surface area contributed by atoms with Crippen LogP contribution in [0.25, 0.3) is 5.57 Å². The van der Waals surface area contributed by atoms with Crippen molar-refractivity contribution in [3.05, 3.63) is 53.1 Å². The Kier molecular flexibility index (Phi) is 8.83. The van der Waals surface area contributed by atoms with Gasteiger partial charge in [0, 0.05) is 18.7 Å². The minimum Gasteiger partial charge on any atom is -0.319 e. The molecule has 2 nitrogen and oxygen atoms in total. The Morgan fingerprint density at radius 1 is 1.42 bits per heavy atom. The molecule has 0 bridgehead atoms. The molecule has 0 saturated carbocycles. The summed E-state index contributed by atoms with van der Waals surface area (Å²) < 4.78 is 0. The Balaban J connectivity index is 0.000000891. The fourth-order valence-electron chi connectivity index (χ4n) is 3.22. The van der Waals surface area contributed by atoms with Crippen molar-refractivity contribution < 1.29 is 0 Å². The normalized spacial score (nSPS) is 14.9. The van der Waals surface area contributed by atoms with Crippen molar-refractivity contribution in [2.75, 3.05) is 20.6 Å². The summed E-state index contributed by atoms with van der Waals surface area (Å²) in [7, 11) is 3.91. The number of fused-ring (bicyclic) bond motifs is 1. The first-order valence-corrected chi connectivity index (χ1v) is 8.56. The highest BCUT2D eigenvalue weighted by Crippen LogP contribution is 2.39. The zero-order chi connectivity index (χ0) is 17.9. The van der Waals surface area contributed by atoms with Gasteiger partial charge in [-0.1, -0.05) is 42.8 Å². The smallest absolute Gasteiger partial charge is 0.0413 e. The second-order valence-electron chi connectivity index (χ2n) is 5.86. The third-order valence-electron chi connectivity index (χ3n) is 4.24. The predicted molar refractivity (Wildman–Crippen MR) is 107 cm³/mol. The van der Waals surface area contributed by atoms with Gasteiger partial charge < -0.3 is 5.32 Å². The van der Waals surface area contributed by atoms with Crippen LogP contribution in [-0.4, -0.2) is 26.4 Å². The molecule has 1 N–H and O–H groups in total. The molecule has 1 aliphatic rings. The molecule has 1 aromatic rings. The van der Waals surface area contributed by atoms with Crippen LogP contribution in [0, 0.1) is 18.3 Å². The molecule has 0 fully saturated rings. The fraction of sp³-hybridized carbons (Fsp3) is 0.409. The van der Waals surface area contributed by atoms with E-state index in [0.29, 0.717) is 5.92 Å². The first kappa shape index (κ1) is 19.9. The lowest BCUT2D eigenvalue weighted by Crippen LogP contribution is -2.13. The number of hydrogen-bond donors (Lipinski definition) is 1. The van der Waals surface area contributed by atoms with Crippen molar-refractivity contribution in [2.24, 2.45) is 10.9 Å². The average molecular weight is 322 g/mol. The molecule has 0 heterocycles.